The van der Waals surface area contributed by atoms with Gasteiger partial charge in [-0.25, -0.2) is 0 Å². The number of benzene rings is 2. The van der Waals surface area contributed by atoms with E-state index >= 15 is 0 Å². The van der Waals surface area contributed by atoms with Gasteiger partial charge >= 0.3 is 5.97 Å². The summed E-state index contributed by atoms with van der Waals surface area (Å²) in [6, 6.07) is 15.4. The molecule has 3 rings (SSSR count). The molecule has 152 valence electrons. The molecule has 0 aliphatic heterocycles. The number of H-pyrrole nitrogens is 1. The fourth-order valence-corrected chi connectivity index (χ4v) is 3.37. The second kappa shape index (κ2) is 8.82. The largest absolute Gasteiger partial charge is 0.497 e. The maximum Gasteiger partial charge on any atom is 0.308 e. The summed E-state index contributed by atoms with van der Waals surface area (Å²) in [5, 5.41) is 13.0. The van der Waals surface area contributed by atoms with Gasteiger partial charge in [-0.1, -0.05) is 18.2 Å². The summed E-state index contributed by atoms with van der Waals surface area (Å²) >= 11 is 0. The number of amides is 1. The van der Waals surface area contributed by atoms with Crippen LogP contribution in [0.3, 0.4) is 0 Å². The molecule has 3 aromatic rings. The van der Waals surface area contributed by atoms with E-state index in [0.717, 1.165) is 33.5 Å². The van der Waals surface area contributed by atoms with Crippen LogP contribution in [0.15, 0.2) is 48.5 Å². The number of ether oxygens (including phenoxy) is 1. The van der Waals surface area contributed by atoms with Crippen LogP contribution in [0.5, 0.6) is 5.75 Å². The number of hydrogen-bond donors (Lipinski definition) is 3. The zero-order chi connectivity index (χ0) is 21.0. The number of nitrogens with one attached hydrogen (secondary N) is 2. The fraction of sp³-hybridized carbons (Fsp3) is 0.304. The summed E-state index contributed by atoms with van der Waals surface area (Å²) < 4.78 is 5.24. The van der Waals surface area contributed by atoms with Gasteiger partial charge in [-0.2, -0.15) is 0 Å². The molecule has 2 atom stereocenters. The molecule has 0 saturated carbocycles. The Hall–Kier alpha value is -3.28. The monoisotopic (exact) mass is 394 g/mol. The molecule has 0 aliphatic rings. The van der Waals surface area contributed by atoms with Crippen LogP contribution >= 0.6 is 0 Å². The van der Waals surface area contributed by atoms with E-state index in [4.69, 9.17) is 9.84 Å². The molecule has 0 aliphatic carbocycles. The minimum absolute atomic E-state index is 0.156. The highest BCUT2D eigenvalue weighted by Crippen LogP contribution is 2.32. The maximum absolute atomic E-state index is 12.4. The van der Waals surface area contributed by atoms with Gasteiger partial charge in [0.25, 0.3) is 0 Å². The molecular weight excluding hydrogens is 368 g/mol. The summed E-state index contributed by atoms with van der Waals surface area (Å²) in [6.07, 6.45) is 0.826. The summed E-state index contributed by atoms with van der Waals surface area (Å²) in [7, 11) is 1.63. The molecular formula is C23H26N2O4. The van der Waals surface area contributed by atoms with Crippen molar-refractivity contribution in [2.45, 2.75) is 32.7 Å². The Morgan fingerprint density at radius 2 is 1.79 bits per heavy atom. The molecule has 0 spiro atoms. The van der Waals surface area contributed by atoms with Crippen molar-refractivity contribution < 1.29 is 19.4 Å². The first kappa shape index (κ1) is 20.5. The van der Waals surface area contributed by atoms with Gasteiger partial charge in [0.15, 0.2) is 0 Å². The molecule has 0 bridgehead atoms. The van der Waals surface area contributed by atoms with Crippen LogP contribution < -0.4 is 10.1 Å². The van der Waals surface area contributed by atoms with Crippen LogP contribution in [0.4, 0.5) is 0 Å². The van der Waals surface area contributed by atoms with E-state index in [-0.39, 0.29) is 12.3 Å². The van der Waals surface area contributed by atoms with Gasteiger partial charge in [0.2, 0.25) is 5.91 Å². The first-order valence-corrected chi connectivity index (χ1v) is 9.67. The van der Waals surface area contributed by atoms with Crippen LogP contribution in [0, 0.1) is 5.92 Å². The molecule has 0 fully saturated rings. The van der Waals surface area contributed by atoms with Crippen molar-refractivity contribution in [1.82, 2.24) is 10.3 Å². The SMILES string of the molecule is COc1ccc(-c2[nH]c3ccccc3c2CCC(=O)NC(C)C(C)C(=O)O)cc1. The third-order valence-corrected chi connectivity index (χ3v) is 5.32. The number of carbonyl (C=O) groups is 2. The Balaban J connectivity index is 1.82. The lowest BCUT2D eigenvalue weighted by atomic mass is 10.00. The van der Waals surface area contributed by atoms with Crippen molar-refractivity contribution in [2.24, 2.45) is 5.92 Å². The number of methoxy groups -OCH3 is 1. The van der Waals surface area contributed by atoms with E-state index < -0.39 is 17.9 Å². The predicted molar refractivity (Wildman–Crippen MR) is 113 cm³/mol. The van der Waals surface area contributed by atoms with Gasteiger partial charge in [0, 0.05) is 29.1 Å². The average molecular weight is 394 g/mol. The highest BCUT2D eigenvalue weighted by molar-refractivity contribution is 5.91. The molecule has 29 heavy (non-hydrogen) atoms. The zero-order valence-corrected chi connectivity index (χ0v) is 16.9. The van der Waals surface area contributed by atoms with E-state index in [9.17, 15) is 9.59 Å². The van der Waals surface area contributed by atoms with E-state index in [0.29, 0.717) is 6.42 Å². The van der Waals surface area contributed by atoms with Crippen LogP contribution in [0.1, 0.15) is 25.8 Å². The molecule has 1 aromatic heterocycles. The number of fused-ring (bicyclic) bond motifs is 1. The van der Waals surface area contributed by atoms with Crippen LogP contribution in [-0.2, 0) is 16.0 Å². The Morgan fingerprint density at radius 3 is 2.45 bits per heavy atom. The second-order valence-corrected chi connectivity index (χ2v) is 7.24. The highest BCUT2D eigenvalue weighted by atomic mass is 16.5. The van der Waals surface area contributed by atoms with Crippen molar-refractivity contribution in [1.29, 1.82) is 0 Å². The number of hydrogen-bond acceptors (Lipinski definition) is 3. The van der Waals surface area contributed by atoms with Crippen molar-refractivity contribution >= 4 is 22.8 Å². The Bertz CT molecular complexity index is 1010. The number of para-hydroxylation sites is 1. The summed E-state index contributed by atoms with van der Waals surface area (Å²) in [6.45, 7) is 3.31. The van der Waals surface area contributed by atoms with E-state index in [1.54, 1.807) is 21.0 Å². The van der Waals surface area contributed by atoms with E-state index in [2.05, 4.69) is 10.3 Å². The van der Waals surface area contributed by atoms with Crippen molar-refractivity contribution in [3.05, 3.63) is 54.1 Å². The molecule has 3 N–H and O–H groups in total. The molecule has 1 amide bonds. The fourth-order valence-electron chi connectivity index (χ4n) is 3.37. The van der Waals surface area contributed by atoms with Gasteiger partial charge in [-0.3, -0.25) is 9.59 Å². The van der Waals surface area contributed by atoms with Crippen LogP contribution in [0.2, 0.25) is 0 Å². The maximum atomic E-state index is 12.4. The minimum atomic E-state index is -0.920. The molecule has 0 radical (unpaired) electrons. The number of rotatable bonds is 8. The van der Waals surface area contributed by atoms with Crippen molar-refractivity contribution in [2.75, 3.05) is 7.11 Å². The number of aryl methyl sites for hydroxylation is 1. The molecule has 2 aromatic carbocycles. The van der Waals surface area contributed by atoms with Crippen LogP contribution in [0.25, 0.3) is 22.2 Å². The number of aromatic nitrogens is 1. The second-order valence-electron chi connectivity index (χ2n) is 7.24. The van der Waals surface area contributed by atoms with Gasteiger partial charge in [-0.15, -0.1) is 0 Å². The van der Waals surface area contributed by atoms with Gasteiger partial charge < -0.3 is 20.1 Å². The minimum Gasteiger partial charge on any atom is -0.497 e. The Kier molecular flexibility index (Phi) is 6.22. The summed E-state index contributed by atoms with van der Waals surface area (Å²) in [4.78, 5) is 27.0. The predicted octanol–water partition coefficient (Wildman–Crippen LogP) is 4.00. The normalized spacial score (nSPS) is 13.1. The van der Waals surface area contributed by atoms with Crippen molar-refractivity contribution in [3.63, 3.8) is 0 Å². The Labute approximate surface area is 169 Å². The molecule has 6 nitrogen and oxygen atoms in total. The van der Waals surface area contributed by atoms with E-state index in [1.807, 2.05) is 48.5 Å². The third-order valence-electron chi connectivity index (χ3n) is 5.32. The topological polar surface area (TPSA) is 91.4 Å². The summed E-state index contributed by atoms with van der Waals surface area (Å²) in [5.41, 5.74) is 4.08. The van der Waals surface area contributed by atoms with Crippen molar-refractivity contribution in [3.8, 4) is 17.0 Å². The van der Waals surface area contributed by atoms with Gasteiger partial charge in [-0.05, 0) is 61.7 Å². The molecule has 2 unspecified atom stereocenters. The Morgan fingerprint density at radius 1 is 1.10 bits per heavy atom. The average Bonchev–Trinajstić information content (AvgIpc) is 3.10. The summed E-state index contributed by atoms with van der Waals surface area (Å²) in [5.74, 6) is -0.929. The van der Waals surface area contributed by atoms with Gasteiger partial charge in [0.1, 0.15) is 5.75 Å². The number of carboxylic acid groups (broad SMARTS) is 1. The molecule has 1 heterocycles. The lowest BCUT2D eigenvalue weighted by Crippen LogP contribution is -2.40. The lowest BCUT2D eigenvalue weighted by Gasteiger charge is -2.17. The molecule has 0 saturated heterocycles. The number of aromatic amines is 1. The lowest BCUT2D eigenvalue weighted by molar-refractivity contribution is -0.142. The van der Waals surface area contributed by atoms with Crippen LogP contribution in [-0.4, -0.2) is 35.1 Å². The first-order chi connectivity index (χ1) is 13.9. The first-order valence-electron chi connectivity index (χ1n) is 9.67. The van der Waals surface area contributed by atoms with Gasteiger partial charge in [0.05, 0.1) is 13.0 Å². The number of carboxylic acids is 1. The standard InChI is InChI=1S/C23H26N2O4/c1-14(23(27)28)15(2)24-21(26)13-12-19-18-6-4-5-7-20(18)25-22(19)16-8-10-17(29-3)11-9-16/h4-11,14-15,25H,12-13H2,1-3H3,(H,24,26)(H,27,28). The van der Waals surface area contributed by atoms with E-state index in [1.165, 1.54) is 0 Å². The molecule has 6 heteroatoms. The number of carbonyl (C=O) groups excluding carboxylic acids is 1. The third kappa shape index (κ3) is 4.59. The highest BCUT2D eigenvalue weighted by Gasteiger charge is 2.21. The quantitative estimate of drug-likeness (QED) is 0.538. The number of aliphatic carboxylic acids is 1. The smallest absolute Gasteiger partial charge is 0.308 e. The zero-order valence-electron chi connectivity index (χ0n) is 16.9.